The van der Waals surface area contributed by atoms with Crippen LogP contribution >= 0.6 is 0 Å². The highest BCUT2D eigenvalue weighted by Gasteiger charge is 2.27. The van der Waals surface area contributed by atoms with Crippen molar-refractivity contribution in [3.8, 4) is 0 Å². The maximum atomic E-state index is 12.5. The summed E-state index contributed by atoms with van der Waals surface area (Å²) in [5, 5.41) is 8.24. The quantitative estimate of drug-likeness (QED) is 0.939. The third-order valence-corrected chi connectivity index (χ3v) is 5.28. The number of rotatable bonds is 4. The molecule has 1 N–H and O–H groups in total. The van der Waals surface area contributed by atoms with Gasteiger partial charge in [-0.2, -0.15) is 0 Å². The first-order valence-electron chi connectivity index (χ1n) is 6.05. The van der Waals surface area contributed by atoms with Gasteiger partial charge in [-0.3, -0.25) is 0 Å². The van der Waals surface area contributed by atoms with E-state index in [-0.39, 0.29) is 10.5 Å². The summed E-state index contributed by atoms with van der Waals surface area (Å²) in [6, 6.07) is 14.2. The number of carboxylic acid groups (broad SMARTS) is 1. The summed E-state index contributed by atoms with van der Waals surface area (Å²) in [5.41, 5.74) is 0.309. The van der Waals surface area contributed by atoms with Crippen molar-refractivity contribution < 1.29 is 18.3 Å². The molecule has 0 saturated carbocycles. The summed E-state index contributed by atoms with van der Waals surface area (Å²) in [7, 11) is -3.61. The molecular formula is C15H14O4S. The minimum atomic E-state index is -3.61. The van der Waals surface area contributed by atoms with Crippen molar-refractivity contribution in [2.75, 3.05) is 0 Å². The van der Waals surface area contributed by atoms with E-state index in [1.165, 1.54) is 31.2 Å². The molecule has 20 heavy (non-hydrogen) atoms. The largest absolute Gasteiger partial charge is 0.478 e. The lowest BCUT2D eigenvalue weighted by molar-refractivity contribution is 0.0695. The van der Waals surface area contributed by atoms with Crippen LogP contribution in [0.25, 0.3) is 0 Å². The zero-order valence-corrected chi connectivity index (χ0v) is 11.7. The van der Waals surface area contributed by atoms with E-state index in [0.717, 1.165) is 0 Å². The van der Waals surface area contributed by atoms with Crippen LogP contribution in [0.2, 0.25) is 0 Å². The molecule has 0 fully saturated rings. The Morgan fingerprint density at radius 2 is 1.55 bits per heavy atom. The highest BCUT2D eigenvalue weighted by molar-refractivity contribution is 7.91. The highest BCUT2D eigenvalue weighted by Crippen LogP contribution is 2.30. The molecule has 2 aromatic carbocycles. The van der Waals surface area contributed by atoms with Gasteiger partial charge < -0.3 is 5.11 Å². The van der Waals surface area contributed by atoms with Crippen LogP contribution in [0, 0.1) is 0 Å². The molecule has 1 atom stereocenters. The van der Waals surface area contributed by atoms with Crippen LogP contribution in [0.3, 0.4) is 0 Å². The Morgan fingerprint density at radius 1 is 1.00 bits per heavy atom. The molecule has 0 heterocycles. The molecule has 2 rings (SSSR count). The summed E-state index contributed by atoms with van der Waals surface area (Å²) < 4.78 is 25.0. The van der Waals surface area contributed by atoms with Gasteiger partial charge in [0.05, 0.1) is 15.7 Å². The molecule has 0 aliphatic carbocycles. The molecule has 0 spiro atoms. The lowest BCUT2D eigenvalue weighted by atomic mass is 10.1. The zero-order valence-electron chi connectivity index (χ0n) is 10.9. The van der Waals surface area contributed by atoms with Crippen molar-refractivity contribution in [1.82, 2.24) is 0 Å². The van der Waals surface area contributed by atoms with Crippen LogP contribution in [0.1, 0.15) is 28.1 Å². The summed E-state index contributed by atoms with van der Waals surface area (Å²) >= 11 is 0. The molecule has 0 aliphatic heterocycles. The molecule has 0 radical (unpaired) electrons. The fraction of sp³-hybridized carbons (Fsp3) is 0.133. The standard InChI is InChI=1S/C15H14O4S/c1-11(13-9-5-6-10-14(13)15(16)17)20(18,19)12-7-3-2-4-8-12/h2-11H,1H3,(H,16,17). The first kappa shape index (κ1) is 14.3. The molecule has 4 nitrogen and oxygen atoms in total. The van der Waals surface area contributed by atoms with E-state index in [1.807, 2.05) is 0 Å². The van der Waals surface area contributed by atoms with Crippen molar-refractivity contribution in [3.63, 3.8) is 0 Å². The van der Waals surface area contributed by atoms with Crippen molar-refractivity contribution in [3.05, 3.63) is 65.7 Å². The van der Waals surface area contributed by atoms with Crippen LogP contribution < -0.4 is 0 Å². The summed E-state index contributed by atoms with van der Waals surface area (Å²) in [6.45, 7) is 1.50. The molecule has 0 saturated heterocycles. The van der Waals surface area contributed by atoms with E-state index in [2.05, 4.69) is 0 Å². The van der Waals surface area contributed by atoms with Gasteiger partial charge >= 0.3 is 5.97 Å². The SMILES string of the molecule is CC(c1ccccc1C(=O)O)S(=O)(=O)c1ccccc1. The molecule has 0 amide bonds. The van der Waals surface area contributed by atoms with Crippen LogP contribution in [0.4, 0.5) is 0 Å². The van der Waals surface area contributed by atoms with Crippen LogP contribution in [0.5, 0.6) is 0 Å². The maximum Gasteiger partial charge on any atom is 0.336 e. The number of sulfone groups is 1. The Balaban J connectivity index is 2.52. The number of hydrogen-bond acceptors (Lipinski definition) is 3. The van der Waals surface area contributed by atoms with Crippen LogP contribution in [-0.2, 0) is 9.84 Å². The topological polar surface area (TPSA) is 71.4 Å². The monoisotopic (exact) mass is 290 g/mol. The molecule has 2 aromatic rings. The minimum absolute atomic E-state index is 0.0134. The van der Waals surface area contributed by atoms with Gasteiger partial charge in [0.2, 0.25) is 0 Å². The third-order valence-electron chi connectivity index (χ3n) is 3.17. The first-order chi connectivity index (χ1) is 9.44. The second-order valence-corrected chi connectivity index (χ2v) is 6.66. The van der Waals surface area contributed by atoms with Gasteiger partial charge in [0.25, 0.3) is 0 Å². The molecule has 0 aliphatic rings. The lowest BCUT2D eigenvalue weighted by Gasteiger charge is -2.15. The second kappa shape index (κ2) is 5.46. The smallest absolute Gasteiger partial charge is 0.336 e. The molecule has 5 heteroatoms. The van der Waals surface area contributed by atoms with Crippen molar-refractivity contribution >= 4 is 15.8 Å². The summed E-state index contributed by atoms with van der Waals surface area (Å²) in [4.78, 5) is 11.4. The Hall–Kier alpha value is -2.14. The number of carboxylic acids is 1. The van der Waals surface area contributed by atoms with Crippen molar-refractivity contribution in [2.45, 2.75) is 17.1 Å². The van der Waals surface area contributed by atoms with Crippen LogP contribution in [0.15, 0.2) is 59.5 Å². The molecule has 1 unspecified atom stereocenters. The number of hydrogen-bond donors (Lipinski definition) is 1. The van der Waals surface area contributed by atoms with Gasteiger partial charge in [0, 0.05) is 0 Å². The van der Waals surface area contributed by atoms with Gasteiger partial charge in [-0.25, -0.2) is 13.2 Å². The summed E-state index contributed by atoms with van der Waals surface area (Å²) in [5.74, 6) is -1.13. The van der Waals surface area contributed by atoms with Gasteiger partial charge in [0.15, 0.2) is 9.84 Å². The molecule has 104 valence electrons. The first-order valence-corrected chi connectivity index (χ1v) is 7.60. The van der Waals surface area contributed by atoms with E-state index < -0.39 is 21.1 Å². The van der Waals surface area contributed by atoms with E-state index in [0.29, 0.717) is 5.56 Å². The molecular weight excluding hydrogens is 276 g/mol. The van der Waals surface area contributed by atoms with Crippen LogP contribution in [-0.4, -0.2) is 19.5 Å². The Kier molecular flexibility index (Phi) is 3.90. The van der Waals surface area contributed by atoms with Gasteiger partial charge in [-0.1, -0.05) is 36.4 Å². The highest BCUT2D eigenvalue weighted by atomic mass is 32.2. The van der Waals surface area contributed by atoms with Gasteiger partial charge in [-0.05, 0) is 30.7 Å². The average Bonchev–Trinajstić information content (AvgIpc) is 2.47. The number of aromatic carboxylic acids is 1. The fourth-order valence-electron chi connectivity index (χ4n) is 2.03. The predicted molar refractivity (Wildman–Crippen MR) is 75.4 cm³/mol. The van der Waals surface area contributed by atoms with E-state index in [9.17, 15) is 13.2 Å². The number of benzene rings is 2. The minimum Gasteiger partial charge on any atom is -0.478 e. The lowest BCUT2D eigenvalue weighted by Crippen LogP contribution is -2.14. The summed E-state index contributed by atoms with van der Waals surface area (Å²) in [6.07, 6.45) is 0. The Labute approximate surface area is 117 Å². The van der Waals surface area contributed by atoms with E-state index in [4.69, 9.17) is 5.11 Å². The Bertz CT molecular complexity index is 721. The second-order valence-electron chi connectivity index (χ2n) is 4.39. The van der Waals surface area contributed by atoms with E-state index >= 15 is 0 Å². The van der Waals surface area contributed by atoms with E-state index in [1.54, 1.807) is 30.3 Å². The predicted octanol–water partition coefficient (Wildman–Crippen LogP) is 2.92. The normalized spacial score (nSPS) is 12.8. The zero-order chi connectivity index (χ0) is 14.8. The van der Waals surface area contributed by atoms with Crippen molar-refractivity contribution in [1.29, 1.82) is 0 Å². The molecule has 0 bridgehead atoms. The Morgan fingerprint density at radius 3 is 2.15 bits per heavy atom. The maximum absolute atomic E-state index is 12.5. The molecule has 0 aromatic heterocycles. The average molecular weight is 290 g/mol. The van der Waals surface area contributed by atoms with Gasteiger partial charge in [0.1, 0.15) is 0 Å². The number of carbonyl (C=O) groups is 1. The van der Waals surface area contributed by atoms with Gasteiger partial charge in [-0.15, -0.1) is 0 Å². The van der Waals surface area contributed by atoms with Crippen molar-refractivity contribution in [2.24, 2.45) is 0 Å². The fourth-order valence-corrected chi connectivity index (χ4v) is 3.51. The third kappa shape index (κ3) is 2.58.